The molecule has 2 atom stereocenters. The van der Waals surface area contributed by atoms with Gasteiger partial charge in [-0.2, -0.15) is 5.26 Å². The molecule has 1 N–H and O–H groups in total. The summed E-state index contributed by atoms with van der Waals surface area (Å²) >= 11 is 0. The fourth-order valence-electron chi connectivity index (χ4n) is 6.36. The Kier molecular flexibility index (Phi) is 13.5. The first-order valence-electron chi connectivity index (χ1n) is 16.2. The summed E-state index contributed by atoms with van der Waals surface area (Å²) in [6, 6.07) is 17.8. The number of benzene rings is 2. The minimum Gasteiger partial charge on any atom is -0.440 e. The molecule has 0 saturated carbocycles. The number of amides is 1. The van der Waals surface area contributed by atoms with E-state index in [1.54, 1.807) is 0 Å². The number of anilines is 2. The van der Waals surface area contributed by atoms with Crippen LogP contribution in [0.5, 0.6) is 0 Å². The average Bonchev–Trinajstić information content (AvgIpc) is 2.95. The highest BCUT2D eigenvalue weighted by Crippen LogP contribution is 2.44. The molecule has 0 bridgehead atoms. The molecule has 1 heterocycles. The van der Waals surface area contributed by atoms with Crippen LogP contribution in [0.4, 0.5) is 16.2 Å². The van der Waals surface area contributed by atoms with E-state index in [0.29, 0.717) is 5.92 Å². The minimum absolute atomic E-state index is 0.0955. The topological polar surface area (TPSA) is 65.4 Å². The third-order valence-corrected chi connectivity index (χ3v) is 8.56. The number of unbranched alkanes of at least 4 members (excludes halogenated alkanes) is 11. The van der Waals surface area contributed by atoms with Gasteiger partial charge in [-0.25, -0.2) is 4.79 Å². The number of hydrogen-bond acceptors (Lipinski definition) is 4. The van der Waals surface area contributed by atoms with E-state index in [1.165, 1.54) is 88.3 Å². The summed E-state index contributed by atoms with van der Waals surface area (Å²) in [7, 11) is 0. The van der Waals surface area contributed by atoms with E-state index in [2.05, 4.69) is 56.1 Å². The lowest BCUT2D eigenvalue weighted by molar-refractivity contribution is 0.113. The first-order chi connectivity index (χ1) is 19.9. The van der Waals surface area contributed by atoms with Crippen LogP contribution in [0.3, 0.4) is 0 Å². The summed E-state index contributed by atoms with van der Waals surface area (Å²) in [5.74, 6) is 0.395. The maximum atomic E-state index is 12.8. The highest BCUT2D eigenvalue weighted by molar-refractivity contribution is 5.85. The number of carbonyl (C=O) groups is 1. The van der Waals surface area contributed by atoms with Gasteiger partial charge in [0.15, 0.2) is 0 Å². The zero-order valence-corrected chi connectivity index (χ0v) is 26.1. The molecule has 2 aromatic carbocycles. The van der Waals surface area contributed by atoms with Crippen molar-refractivity contribution in [1.82, 2.24) is 0 Å². The average molecular weight is 560 g/mol. The van der Waals surface area contributed by atoms with Crippen molar-refractivity contribution in [2.45, 2.75) is 135 Å². The third kappa shape index (κ3) is 10.4. The van der Waals surface area contributed by atoms with Crippen molar-refractivity contribution in [3.05, 3.63) is 59.7 Å². The van der Waals surface area contributed by atoms with Crippen molar-refractivity contribution in [3.63, 3.8) is 0 Å². The summed E-state index contributed by atoms with van der Waals surface area (Å²) in [5, 5.41) is 12.1. The fraction of sp³-hybridized carbons (Fsp3) is 0.611. The van der Waals surface area contributed by atoms with E-state index in [1.807, 2.05) is 36.4 Å². The summed E-state index contributed by atoms with van der Waals surface area (Å²) in [4.78, 5) is 15.4. The molecule has 0 saturated heterocycles. The van der Waals surface area contributed by atoms with Crippen molar-refractivity contribution in [1.29, 1.82) is 5.26 Å². The molecule has 41 heavy (non-hydrogen) atoms. The van der Waals surface area contributed by atoms with Crippen LogP contribution in [0.25, 0.3) is 0 Å². The lowest BCUT2D eigenvalue weighted by atomic mass is 9.79. The molecule has 5 nitrogen and oxygen atoms in total. The minimum atomic E-state index is -0.593. The van der Waals surface area contributed by atoms with Gasteiger partial charge in [-0.15, -0.1) is 0 Å². The first-order valence-corrected chi connectivity index (χ1v) is 16.2. The number of hydrogen-bond donors (Lipinski definition) is 1. The van der Waals surface area contributed by atoms with Crippen LogP contribution in [-0.4, -0.2) is 18.2 Å². The van der Waals surface area contributed by atoms with Gasteiger partial charge in [-0.05, 0) is 61.9 Å². The van der Waals surface area contributed by atoms with Crippen LogP contribution in [0.1, 0.15) is 141 Å². The highest BCUT2D eigenvalue weighted by atomic mass is 16.6. The number of fused-ring (bicyclic) bond motifs is 1. The van der Waals surface area contributed by atoms with Crippen molar-refractivity contribution < 1.29 is 9.53 Å². The quantitative estimate of drug-likeness (QED) is 0.196. The second-order valence-corrected chi connectivity index (χ2v) is 12.5. The summed E-state index contributed by atoms with van der Waals surface area (Å²) in [6.07, 6.45) is 16.4. The van der Waals surface area contributed by atoms with Crippen LogP contribution in [-0.2, 0) is 4.74 Å². The SMILES string of the molecule is CCCCCCCCCCCCCCN1c2ccc(NC(=O)OC(CC#N)c3ccccc3)cc2C(C)CC1(C)C. The summed E-state index contributed by atoms with van der Waals surface area (Å²) in [6.45, 7) is 10.3. The first kappa shape index (κ1) is 32.5. The number of nitrogens with one attached hydrogen (secondary N) is 1. The highest BCUT2D eigenvalue weighted by Gasteiger charge is 2.36. The lowest BCUT2D eigenvalue weighted by Crippen LogP contribution is -2.48. The van der Waals surface area contributed by atoms with Gasteiger partial charge in [-0.1, -0.05) is 115 Å². The maximum Gasteiger partial charge on any atom is 0.412 e. The molecular formula is C36H53N3O2. The van der Waals surface area contributed by atoms with E-state index < -0.39 is 12.2 Å². The van der Waals surface area contributed by atoms with E-state index in [9.17, 15) is 10.1 Å². The lowest BCUT2D eigenvalue weighted by Gasteiger charge is -2.48. The zero-order valence-electron chi connectivity index (χ0n) is 26.1. The van der Waals surface area contributed by atoms with E-state index >= 15 is 0 Å². The van der Waals surface area contributed by atoms with Gasteiger partial charge in [0.05, 0.1) is 12.5 Å². The van der Waals surface area contributed by atoms with Gasteiger partial charge >= 0.3 is 6.09 Å². The number of nitrogens with zero attached hydrogens (tertiary/aromatic N) is 2. The molecule has 1 aliphatic rings. The Bertz CT molecular complexity index is 1090. The predicted octanol–water partition coefficient (Wildman–Crippen LogP) is 10.7. The molecule has 0 fully saturated rings. The Morgan fingerprint density at radius 2 is 1.59 bits per heavy atom. The molecule has 2 unspecified atom stereocenters. The van der Waals surface area contributed by atoms with E-state index in [-0.39, 0.29) is 12.0 Å². The standard InChI is InChI=1S/C36H53N3O2/c1-5-6-7-8-9-10-11-12-13-14-15-19-26-39-33-23-22-31(27-32(33)29(2)28-36(39,3)4)38-35(40)41-34(24-25-37)30-20-17-16-18-21-30/h16-18,20-23,27,29,34H,5-15,19,24,26,28H2,1-4H3,(H,38,40). The molecule has 3 rings (SSSR count). The Morgan fingerprint density at radius 1 is 0.976 bits per heavy atom. The molecule has 224 valence electrons. The van der Waals surface area contributed by atoms with Crippen molar-refractivity contribution in [2.24, 2.45) is 0 Å². The smallest absolute Gasteiger partial charge is 0.412 e. The molecule has 5 heteroatoms. The van der Waals surface area contributed by atoms with Gasteiger partial charge < -0.3 is 9.64 Å². The van der Waals surface area contributed by atoms with E-state index in [0.717, 1.165) is 24.2 Å². The molecule has 0 radical (unpaired) electrons. The molecule has 1 aliphatic heterocycles. The van der Waals surface area contributed by atoms with Crippen molar-refractivity contribution in [2.75, 3.05) is 16.8 Å². The van der Waals surface area contributed by atoms with Gasteiger partial charge in [0.25, 0.3) is 0 Å². The number of nitriles is 1. The summed E-state index contributed by atoms with van der Waals surface area (Å²) < 4.78 is 5.65. The van der Waals surface area contributed by atoms with Crippen LogP contribution >= 0.6 is 0 Å². The Labute approximate surface area is 249 Å². The van der Waals surface area contributed by atoms with Gasteiger partial charge in [0.2, 0.25) is 0 Å². The Balaban J connectivity index is 1.50. The third-order valence-electron chi connectivity index (χ3n) is 8.56. The second kappa shape index (κ2) is 17.1. The van der Waals surface area contributed by atoms with E-state index in [4.69, 9.17) is 4.74 Å². The number of carbonyl (C=O) groups excluding carboxylic acids is 1. The van der Waals surface area contributed by atoms with Crippen LogP contribution in [0, 0.1) is 11.3 Å². The zero-order chi connectivity index (χ0) is 29.5. The summed E-state index contributed by atoms with van der Waals surface area (Å²) in [5.41, 5.74) is 4.20. The van der Waals surface area contributed by atoms with Crippen molar-refractivity contribution >= 4 is 17.5 Å². The largest absolute Gasteiger partial charge is 0.440 e. The normalized spacial score (nSPS) is 16.5. The second-order valence-electron chi connectivity index (χ2n) is 12.5. The maximum absolute atomic E-state index is 12.8. The molecule has 0 spiro atoms. The monoisotopic (exact) mass is 559 g/mol. The van der Waals surface area contributed by atoms with Gasteiger partial charge in [0, 0.05) is 23.5 Å². The molecule has 1 amide bonds. The van der Waals surface area contributed by atoms with Crippen molar-refractivity contribution in [3.8, 4) is 6.07 Å². The Morgan fingerprint density at radius 3 is 2.20 bits per heavy atom. The molecule has 2 aromatic rings. The molecular weight excluding hydrogens is 506 g/mol. The van der Waals surface area contributed by atoms with Crippen LogP contribution in [0.2, 0.25) is 0 Å². The van der Waals surface area contributed by atoms with Crippen LogP contribution in [0.15, 0.2) is 48.5 Å². The van der Waals surface area contributed by atoms with Crippen LogP contribution < -0.4 is 10.2 Å². The van der Waals surface area contributed by atoms with Gasteiger partial charge in [0.1, 0.15) is 6.10 Å². The molecule has 0 aliphatic carbocycles. The predicted molar refractivity (Wildman–Crippen MR) is 171 cm³/mol. The number of ether oxygens (including phenoxy) is 1. The van der Waals surface area contributed by atoms with Gasteiger partial charge in [-0.3, -0.25) is 5.32 Å². The molecule has 0 aromatic heterocycles. The fourth-order valence-corrected chi connectivity index (χ4v) is 6.36. The Hall–Kier alpha value is -3.00. The number of rotatable bonds is 17.